The monoisotopic (exact) mass is 276 g/mol. The number of hydrogen-bond acceptors (Lipinski definition) is 5. The van der Waals surface area contributed by atoms with Crippen molar-refractivity contribution in [1.29, 1.82) is 0 Å². The third-order valence-electron chi connectivity index (χ3n) is 2.80. The molecule has 2 N–H and O–H groups in total. The predicted molar refractivity (Wildman–Crippen MR) is 72.1 cm³/mol. The molecule has 0 radical (unpaired) electrons. The Morgan fingerprint density at radius 2 is 2.05 bits per heavy atom. The summed E-state index contributed by atoms with van der Waals surface area (Å²) in [6.07, 6.45) is 2.56. The van der Waals surface area contributed by atoms with Gasteiger partial charge < -0.3 is 10.2 Å². The first-order chi connectivity index (χ1) is 9.60. The Balaban J connectivity index is 2.05. The van der Waals surface area contributed by atoms with Crippen LogP contribution < -0.4 is 10.6 Å². The molecule has 7 heteroatoms. The Hall–Kier alpha value is -2.44. The molecule has 0 unspecified atom stereocenters. The minimum atomic E-state index is -0.476. The number of anilines is 1. The number of carbonyl (C=O) groups excluding carboxylic acids is 3. The number of carbonyl (C=O) groups is 3. The number of rotatable bonds is 4. The second-order valence-electron chi connectivity index (χ2n) is 4.49. The van der Waals surface area contributed by atoms with Gasteiger partial charge in [-0.25, -0.2) is 4.98 Å². The van der Waals surface area contributed by atoms with Gasteiger partial charge >= 0.3 is 0 Å². The van der Waals surface area contributed by atoms with Crippen molar-refractivity contribution in [2.75, 3.05) is 25.0 Å². The molecular weight excluding hydrogens is 260 g/mol. The molecule has 0 bridgehead atoms. The van der Waals surface area contributed by atoms with Crippen LogP contribution in [0.3, 0.4) is 0 Å². The molecule has 2 heterocycles. The standard InChI is InChI=1S/C13H16N4O3/c1-2-5-14-9-3-4-10(15-6-9)13(20)17-7-11(18)16-12(19)8-17/h3-4,6,14H,2,5,7-8H2,1H3,(H,16,18,19). The summed E-state index contributed by atoms with van der Waals surface area (Å²) in [6, 6.07) is 3.33. The molecule has 1 saturated heterocycles. The van der Waals surface area contributed by atoms with Gasteiger partial charge in [0.25, 0.3) is 5.91 Å². The van der Waals surface area contributed by atoms with Crippen LogP contribution in [0.4, 0.5) is 5.69 Å². The molecule has 3 amide bonds. The summed E-state index contributed by atoms with van der Waals surface area (Å²) in [5.41, 5.74) is 1.05. The fourth-order valence-corrected chi connectivity index (χ4v) is 1.84. The molecule has 1 fully saturated rings. The second-order valence-corrected chi connectivity index (χ2v) is 4.49. The van der Waals surface area contributed by atoms with E-state index in [1.54, 1.807) is 18.3 Å². The van der Waals surface area contributed by atoms with Gasteiger partial charge in [-0.15, -0.1) is 0 Å². The predicted octanol–water partition coefficient (Wildman–Crippen LogP) is 0.00210. The Labute approximate surface area is 116 Å². The number of piperazine rings is 1. The van der Waals surface area contributed by atoms with Gasteiger partial charge in [0.1, 0.15) is 18.8 Å². The number of nitrogens with zero attached hydrogens (tertiary/aromatic N) is 2. The lowest BCUT2D eigenvalue weighted by atomic mass is 10.2. The van der Waals surface area contributed by atoms with Gasteiger partial charge in [0.05, 0.1) is 11.9 Å². The Bertz CT molecular complexity index is 511. The van der Waals surface area contributed by atoms with Crippen LogP contribution in [0, 0.1) is 0 Å². The van der Waals surface area contributed by atoms with Gasteiger partial charge in [-0.05, 0) is 18.6 Å². The van der Waals surface area contributed by atoms with Crippen LogP contribution in [0.1, 0.15) is 23.8 Å². The smallest absolute Gasteiger partial charge is 0.273 e. The van der Waals surface area contributed by atoms with E-state index in [2.05, 4.69) is 22.5 Å². The van der Waals surface area contributed by atoms with E-state index in [-0.39, 0.29) is 18.8 Å². The fraction of sp³-hybridized carbons (Fsp3) is 0.385. The van der Waals surface area contributed by atoms with Gasteiger partial charge in [0, 0.05) is 6.54 Å². The quantitative estimate of drug-likeness (QED) is 0.755. The van der Waals surface area contributed by atoms with Crippen molar-refractivity contribution >= 4 is 23.4 Å². The molecule has 1 aromatic rings. The highest BCUT2D eigenvalue weighted by Crippen LogP contribution is 2.09. The summed E-state index contributed by atoms with van der Waals surface area (Å²) in [4.78, 5) is 39.8. The highest BCUT2D eigenvalue weighted by Gasteiger charge is 2.27. The number of pyridine rings is 1. The highest BCUT2D eigenvalue weighted by atomic mass is 16.2. The van der Waals surface area contributed by atoms with E-state index in [1.165, 1.54) is 4.90 Å². The summed E-state index contributed by atoms with van der Waals surface area (Å²) in [5, 5.41) is 5.29. The average Bonchev–Trinajstić information content (AvgIpc) is 2.44. The Kier molecular flexibility index (Phi) is 4.29. The van der Waals surface area contributed by atoms with Gasteiger partial charge in [-0.3, -0.25) is 19.7 Å². The van der Waals surface area contributed by atoms with Crippen molar-refractivity contribution in [1.82, 2.24) is 15.2 Å². The van der Waals surface area contributed by atoms with Crippen LogP contribution in [-0.4, -0.2) is 47.2 Å². The molecule has 0 aromatic carbocycles. The van der Waals surface area contributed by atoms with Crippen molar-refractivity contribution in [2.24, 2.45) is 0 Å². The number of aromatic nitrogens is 1. The molecule has 7 nitrogen and oxygen atoms in total. The van der Waals surface area contributed by atoms with Crippen LogP contribution in [0.15, 0.2) is 18.3 Å². The van der Waals surface area contributed by atoms with E-state index in [9.17, 15) is 14.4 Å². The zero-order chi connectivity index (χ0) is 14.5. The molecule has 2 rings (SSSR count). The maximum atomic E-state index is 12.1. The molecule has 0 atom stereocenters. The molecule has 0 aliphatic carbocycles. The van der Waals surface area contributed by atoms with Gasteiger partial charge in [0.2, 0.25) is 11.8 Å². The molecule has 1 aliphatic rings. The van der Waals surface area contributed by atoms with E-state index < -0.39 is 17.7 Å². The lowest BCUT2D eigenvalue weighted by Gasteiger charge is -2.25. The molecule has 106 valence electrons. The maximum Gasteiger partial charge on any atom is 0.273 e. The highest BCUT2D eigenvalue weighted by molar-refractivity contribution is 6.05. The molecule has 0 spiro atoms. The lowest BCUT2D eigenvalue weighted by molar-refractivity contribution is -0.135. The third kappa shape index (κ3) is 3.31. The zero-order valence-electron chi connectivity index (χ0n) is 11.2. The minimum absolute atomic E-state index is 0.123. The van der Waals surface area contributed by atoms with E-state index in [0.717, 1.165) is 18.7 Å². The molecule has 1 aromatic heterocycles. The lowest BCUT2D eigenvalue weighted by Crippen LogP contribution is -2.53. The minimum Gasteiger partial charge on any atom is -0.384 e. The van der Waals surface area contributed by atoms with Gasteiger partial charge in [0.15, 0.2) is 0 Å². The SMILES string of the molecule is CCCNc1ccc(C(=O)N2CC(=O)NC(=O)C2)nc1. The van der Waals surface area contributed by atoms with Crippen molar-refractivity contribution in [3.63, 3.8) is 0 Å². The summed E-state index contributed by atoms with van der Waals surface area (Å²) in [7, 11) is 0. The van der Waals surface area contributed by atoms with E-state index in [1.807, 2.05) is 0 Å². The fourth-order valence-electron chi connectivity index (χ4n) is 1.84. The van der Waals surface area contributed by atoms with Crippen LogP contribution in [-0.2, 0) is 9.59 Å². The maximum absolute atomic E-state index is 12.1. The normalized spacial score (nSPS) is 14.9. The largest absolute Gasteiger partial charge is 0.384 e. The Morgan fingerprint density at radius 3 is 2.60 bits per heavy atom. The number of nitrogens with one attached hydrogen (secondary N) is 2. The first kappa shape index (κ1) is 14.0. The Morgan fingerprint density at radius 1 is 1.35 bits per heavy atom. The summed E-state index contributed by atoms with van der Waals surface area (Å²) in [6.45, 7) is 2.64. The third-order valence-corrected chi connectivity index (χ3v) is 2.80. The van der Waals surface area contributed by atoms with Gasteiger partial charge in [-0.1, -0.05) is 6.92 Å². The average molecular weight is 276 g/mol. The van der Waals surface area contributed by atoms with Crippen LogP contribution >= 0.6 is 0 Å². The second kappa shape index (κ2) is 6.14. The van der Waals surface area contributed by atoms with Crippen molar-refractivity contribution < 1.29 is 14.4 Å². The van der Waals surface area contributed by atoms with Crippen LogP contribution in [0.25, 0.3) is 0 Å². The van der Waals surface area contributed by atoms with Crippen molar-refractivity contribution in [3.05, 3.63) is 24.0 Å². The van der Waals surface area contributed by atoms with Gasteiger partial charge in [-0.2, -0.15) is 0 Å². The van der Waals surface area contributed by atoms with Crippen LogP contribution in [0.2, 0.25) is 0 Å². The number of imide groups is 1. The molecule has 0 saturated carbocycles. The topological polar surface area (TPSA) is 91.4 Å². The van der Waals surface area contributed by atoms with E-state index in [0.29, 0.717) is 0 Å². The van der Waals surface area contributed by atoms with Crippen molar-refractivity contribution in [2.45, 2.75) is 13.3 Å². The van der Waals surface area contributed by atoms with E-state index in [4.69, 9.17) is 0 Å². The molecular formula is C13H16N4O3. The number of hydrogen-bond donors (Lipinski definition) is 2. The number of amides is 3. The summed E-state index contributed by atoms with van der Waals surface area (Å²) >= 11 is 0. The van der Waals surface area contributed by atoms with Crippen molar-refractivity contribution in [3.8, 4) is 0 Å². The molecule has 20 heavy (non-hydrogen) atoms. The zero-order valence-corrected chi connectivity index (χ0v) is 11.2. The first-order valence-electron chi connectivity index (χ1n) is 6.42. The first-order valence-corrected chi connectivity index (χ1v) is 6.42. The van der Waals surface area contributed by atoms with E-state index >= 15 is 0 Å². The van der Waals surface area contributed by atoms with Crippen LogP contribution in [0.5, 0.6) is 0 Å². The summed E-state index contributed by atoms with van der Waals surface area (Å²) < 4.78 is 0. The molecule has 1 aliphatic heterocycles. The summed E-state index contributed by atoms with van der Waals surface area (Å²) in [5.74, 6) is -1.37.